The predicted molar refractivity (Wildman–Crippen MR) is 444 cm³/mol. The molecule has 112 heavy (non-hydrogen) atoms. The van der Waals surface area contributed by atoms with E-state index in [1.807, 2.05) is 203 Å². The molecule has 0 amide bonds. The zero-order valence-corrected chi connectivity index (χ0v) is 67.0. The monoisotopic (exact) mass is 1710 g/mol. The molecule has 6 aromatic heterocycles. The molecule has 9 nitrogen and oxygen atoms in total. The average molecular weight is 1710 g/mol. The van der Waals surface area contributed by atoms with Gasteiger partial charge in [-0.1, -0.05) is 188 Å². The molecule has 549 valence electrons. The summed E-state index contributed by atoms with van der Waals surface area (Å²) in [4.78, 5) is 12.7. The van der Waals surface area contributed by atoms with Crippen LogP contribution >= 0.6 is 0 Å². The van der Waals surface area contributed by atoms with E-state index in [-0.39, 0.29) is 58.4 Å². The number of hydrogen-bond acceptors (Lipinski definition) is 6. The van der Waals surface area contributed by atoms with Crippen LogP contribution in [0.1, 0.15) is 22.5 Å². The van der Waals surface area contributed by atoms with Gasteiger partial charge >= 0.3 is 58.4 Å². The first kappa shape index (κ1) is 82.1. The molecule has 0 saturated heterocycles. The molecule has 0 N–H and O–H groups in total. The van der Waals surface area contributed by atoms with Crippen LogP contribution in [0.4, 0.5) is 0 Å². The van der Waals surface area contributed by atoms with Crippen molar-refractivity contribution in [2.24, 2.45) is 0 Å². The number of aryl methyl sites for hydroxylation is 4. The van der Waals surface area contributed by atoms with Crippen molar-refractivity contribution in [3.05, 3.63) is 454 Å². The molecule has 0 aliphatic carbocycles. The van der Waals surface area contributed by atoms with Crippen LogP contribution in [-0.2, 0) is 58.4 Å². The maximum atomic E-state index is 4.55. The third-order valence-corrected chi connectivity index (χ3v) is 17.6. The SMILES string of the molecule is Cc1cc(-c2ccccc2)cc(C)c1-c1cc[c-]c(-n2cccn2)c1.Cc1cc(C)n(-c2[c-]ccc(-c3ccc(-c4ccccc4)cc3)c2)n1.[Rh+2].[Rh+2].[Rh+2].[c-]1ccc(-c2ccc(-c3ccccc3)cc2)cc1-n1cccn1.[c-]1ccccc1-c1ccccn1.[c-]1ccccc1-c1ccccn1.[c-]1ccccc1-c1ccccn1. The van der Waals surface area contributed by atoms with Gasteiger partial charge in [-0.05, 0) is 159 Å². The van der Waals surface area contributed by atoms with Gasteiger partial charge < -0.3 is 15.0 Å². The molecule has 0 aliphatic heterocycles. The molecule has 0 fully saturated rings. The quantitative estimate of drug-likeness (QED) is 0.0894. The first-order valence-corrected chi connectivity index (χ1v) is 35.9. The molecule has 0 unspecified atom stereocenters. The van der Waals surface area contributed by atoms with Gasteiger partial charge in [-0.15, -0.1) is 143 Å². The zero-order chi connectivity index (χ0) is 74.6. The first-order valence-electron chi connectivity index (χ1n) is 35.9. The molecule has 0 saturated carbocycles. The second-order valence-electron chi connectivity index (χ2n) is 25.3. The van der Waals surface area contributed by atoms with Crippen LogP contribution in [0.25, 0.3) is 118 Å². The summed E-state index contributed by atoms with van der Waals surface area (Å²) in [6, 6.07) is 138. The van der Waals surface area contributed by atoms with Crippen molar-refractivity contribution in [3.8, 4) is 118 Å². The van der Waals surface area contributed by atoms with E-state index >= 15 is 0 Å². The number of rotatable bonds is 12. The Morgan fingerprint density at radius 3 is 0.920 bits per heavy atom. The Hall–Kier alpha value is -12.4. The van der Waals surface area contributed by atoms with E-state index < -0.39 is 0 Å². The van der Waals surface area contributed by atoms with Gasteiger partial charge in [0.25, 0.3) is 0 Å². The molecule has 18 rings (SSSR count). The average Bonchev–Trinajstić information content (AvgIpc) is 0.876. The van der Waals surface area contributed by atoms with Crippen LogP contribution in [0.3, 0.4) is 0 Å². The fraction of sp³-hybridized carbons (Fsp3) is 0.0400. The van der Waals surface area contributed by atoms with Crippen molar-refractivity contribution in [1.82, 2.24) is 44.3 Å². The second kappa shape index (κ2) is 42.5. The van der Waals surface area contributed by atoms with Gasteiger partial charge in [0, 0.05) is 49.1 Å². The third kappa shape index (κ3) is 22.9. The minimum Gasteiger partial charge on any atom is -0.305 e. The first-order chi connectivity index (χ1) is 53.7. The second-order valence-corrected chi connectivity index (χ2v) is 25.3. The number of aromatic nitrogens is 9. The van der Waals surface area contributed by atoms with Crippen molar-refractivity contribution in [2.75, 3.05) is 0 Å². The van der Waals surface area contributed by atoms with Crippen molar-refractivity contribution in [3.63, 3.8) is 0 Å². The molecular weight excluding hydrogens is 1640 g/mol. The molecule has 6 heterocycles. The number of hydrogen-bond donors (Lipinski definition) is 0. The van der Waals surface area contributed by atoms with Gasteiger partial charge in [0.15, 0.2) is 0 Å². The number of pyridine rings is 3. The van der Waals surface area contributed by atoms with Crippen LogP contribution in [0.15, 0.2) is 395 Å². The van der Waals surface area contributed by atoms with Crippen molar-refractivity contribution in [2.45, 2.75) is 27.7 Å². The van der Waals surface area contributed by atoms with E-state index in [9.17, 15) is 0 Å². The molecule has 3 radical (unpaired) electrons. The van der Waals surface area contributed by atoms with Gasteiger partial charge in [0.1, 0.15) is 0 Å². The topological polar surface area (TPSA) is 92.1 Å². The minimum atomic E-state index is 0. The molecule has 0 bridgehead atoms. The molecular formula is C100H77N9Rh3. The summed E-state index contributed by atoms with van der Waals surface area (Å²) in [6.45, 7) is 8.43. The van der Waals surface area contributed by atoms with Gasteiger partial charge in [-0.2, -0.15) is 69.9 Å². The van der Waals surface area contributed by atoms with Crippen LogP contribution in [0, 0.1) is 64.1 Å². The summed E-state index contributed by atoms with van der Waals surface area (Å²) in [7, 11) is 0. The summed E-state index contributed by atoms with van der Waals surface area (Å²) >= 11 is 0. The Morgan fingerprint density at radius 1 is 0.250 bits per heavy atom. The molecule has 12 aromatic carbocycles. The third-order valence-electron chi connectivity index (χ3n) is 17.6. The number of benzene rings is 12. The van der Waals surface area contributed by atoms with E-state index in [1.165, 1.54) is 72.3 Å². The fourth-order valence-electron chi connectivity index (χ4n) is 12.4. The van der Waals surface area contributed by atoms with Crippen LogP contribution in [0.5, 0.6) is 0 Å². The maximum Gasteiger partial charge on any atom is 2.00 e. The van der Waals surface area contributed by atoms with Gasteiger partial charge in [0.2, 0.25) is 0 Å². The van der Waals surface area contributed by atoms with Crippen LogP contribution in [-0.4, -0.2) is 44.3 Å². The maximum absolute atomic E-state index is 4.55. The van der Waals surface area contributed by atoms with E-state index in [0.29, 0.717) is 0 Å². The van der Waals surface area contributed by atoms with Crippen molar-refractivity contribution >= 4 is 0 Å². The normalized spacial score (nSPS) is 10.1. The smallest absolute Gasteiger partial charge is 0.305 e. The fourth-order valence-corrected chi connectivity index (χ4v) is 12.4. The van der Waals surface area contributed by atoms with Gasteiger partial charge in [0.05, 0.1) is 5.69 Å². The Morgan fingerprint density at radius 2 is 0.580 bits per heavy atom. The van der Waals surface area contributed by atoms with Crippen molar-refractivity contribution in [1.29, 1.82) is 0 Å². The van der Waals surface area contributed by atoms with Gasteiger partial charge in [-0.25, -0.2) is 0 Å². The number of nitrogens with zero attached hydrogens (tertiary/aromatic N) is 9. The van der Waals surface area contributed by atoms with E-state index in [0.717, 1.165) is 67.8 Å². The summed E-state index contributed by atoms with van der Waals surface area (Å²) in [5.74, 6) is 0. The van der Waals surface area contributed by atoms with E-state index in [2.05, 4.69) is 269 Å². The minimum absolute atomic E-state index is 0. The van der Waals surface area contributed by atoms with Crippen molar-refractivity contribution < 1.29 is 58.4 Å². The standard InChI is InChI=1S/2C23H19N2.C21H15N2.3C11H8N.3Rh/c1-17-14-21(19-8-4-3-5-9-19)15-18(2)23(17)20-10-6-11-22(16-20)25-13-7-12-24-25;1-17-15-18(2)25(24-17)23-10-6-9-22(16-23)21-13-11-20(12-14-21)19-7-4-3-5-8-19;1-2-6-17(7-3-1)18-10-12-19(13-11-18)20-8-4-9-21(16-20)23-15-5-14-22-23;3*1-2-6-10(7-3-1)11-8-4-5-9-12-11;;;/h3-10,12-16H,1-2H3;3-9,11-16H,1-2H3;1-8,10-16H;3*1-6,8-9H;;;/q6*-1;3*+2. The summed E-state index contributed by atoms with van der Waals surface area (Å²) in [6.07, 6.45) is 12.8. The molecule has 0 atom stereocenters. The molecule has 18 aromatic rings. The summed E-state index contributed by atoms with van der Waals surface area (Å²) in [5, 5.41) is 13.1. The Balaban J connectivity index is 0.000000146. The Kier molecular flexibility index (Phi) is 31.2. The molecule has 0 spiro atoms. The van der Waals surface area contributed by atoms with E-state index in [4.69, 9.17) is 0 Å². The Bertz CT molecular complexity index is 5400. The largest absolute Gasteiger partial charge is 2.00 e. The zero-order valence-electron chi connectivity index (χ0n) is 62.1. The molecule has 0 aliphatic rings. The summed E-state index contributed by atoms with van der Waals surface area (Å²) < 4.78 is 5.60. The van der Waals surface area contributed by atoms with Gasteiger partial charge in [-0.3, -0.25) is 14.0 Å². The Labute approximate surface area is 696 Å². The van der Waals surface area contributed by atoms with E-state index in [1.54, 1.807) is 31.0 Å². The molecule has 12 heteroatoms. The van der Waals surface area contributed by atoms with Crippen LogP contribution < -0.4 is 0 Å². The van der Waals surface area contributed by atoms with Crippen LogP contribution in [0.2, 0.25) is 0 Å². The summed E-state index contributed by atoms with van der Waals surface area (Å²) in [5.41, 5.74) is 28.2. The predicted octanol–water partition coefficient (Wildman–Crippen LogP) is 23.9.